The molecule has 0 aliphatic carbocycles. The number of hydrogen-bond donors (Lipinski definition) is 1. The number of rotatable bonds is 7. The average Bonchev–Trinajstić information content (AvgIpc) is 2.86. The van der Waals surface area contributed by atoms with Gasteiger partial charge in [0, 0.05) is 37.5 Å². The minimum Gasteiger partial charge on any atom is -0.480 e. The molecule has 1 N–H and O–H groups in total. The van der Waals surface area contributed by atoms with Gasteiger partial charge in [0.15, 0.2) is 0 Å². The van der Waals surface area contributed by atoms with Crippen LogP contribution in [0.1, 0.15) is 30.5 Å². The summed E-state index contributed by atoms with van der Waals surface area (Å²) in [7, 11) is 1.81. The summed E-state index contributed by atoms with van der Waals surface area (Å²) in [6.07, 6.45) is 0.0568. The van der Waals surface area contributed by atoms with Crippen molar-refractivity contribution in [3.8, 4) is 0 Å². The smallest absolute Gasteiger partial charge is 0.317 e. The van der Waals surface area contributed by atoms with E-state index in [4.69, 9.17) is 9.84 Å². The average molecular weight is 327 g/mol. The highest BCUT2D eigenvalue weighted by atomic mass is 32.1. The lowest BCUT2D eigenvalue weighted by Gasteiger charge is -2.34. The summed E-state index contributed by atoms with van der Waals surface area (Å²) in [6.45, 7) is 8.24. The van der Waals surface area contributed by atoms with Crippen molar-refractivity contribution in [3.63, 3.8) is 0 Å². The molecule has 0 spiro atoms. The van der Waals surface area contributed by atoms with Gasteiger partial charge in [-0.3, -0.25) is 14.6 Å². The molecule has 2 rings (SSSR count). The molecule has 124 valence electrons. The fraction of sp³-hybridized carbons (Fsp3) is 0.733. The highest BCUT2D eigenvalue weighted by molar-refractivity contribution is 7.09. The number of carboxylic acids is 1. The molecule has 6 nitrogen and oxygen atoms in total. The van der Waals surface area contributed by atoms with Crippen LogP contribution in [0.25, 0.3) is 0 Å². The Balaban J connectivity index is 1.83. The number of ether oxygens (including phenoxy) is 1. The summed E-state index contributed by atoms with van der Waals surface area (Å²) >= 11 is 1.72. The third-order valence-corrected chi connectivity index (χ3v) is 4.79. The van der Waals surface area contributed by atoms with Crippen molar-refractivity contribution in [1.29, 1.82) is 0 Å². The lowest BCUT2D eigenvalue weighted by molar-refractivity contribution is -0.138. The van der Waals surface area contributed by atoms with Crippen LogP contribution in [0, 0.1) is 0 Å². The normalized spacial score (nSPS) is 20.0. The van der Waals surface area contributed by atoms with Gasteiger partial charge >= 0.3 is 5.97 Å². The Morgan fingerprint density at radius 1 is 1.64 bits per heavy atom. The minimum atomic E-state index is -0.807. The molecule has 22 heavy (non-hydrogen) atoms. The molecule has 0 bridgehead atoms. The molecule has 2 heterocycles. The molecule has 7 heteroatoms. The maximum atomic E-state index is 10.7. The number of nitrogens with zero attached hydrogens (tertiary/aromatic N) is 3. The fourth-order valence-electron chi connectivity index (χ4n) is 2.57. The van der Waals surface area contributed by atoms with Gasteiger partial charge in [0.05, 0.1) is 30.0 Å². The zero-order valence-corrected chi connectivity index (χ0v) is 14.3. The molecule has 1 fully saturated rings. The number of morpholine rings is 1. The Morgan fingerprint density at radius 3 is 3.05 bits per heavy atom. The first-order chi connectivity index (χ1) is 10.4. The van der Waals surface area contributed by atoms with Crippen molar-refractivity contribution in [2.24, 2.45) is 0 Å². The summed E-state index contributed by atoms with van der Waals surface area (Å²) in [4.78, 5) is 19.5. The molecule has 0 radical (unpaired) electrons. The van der Waals surface area contributed by atoms with Crippen LogP contribution in [0.15, 0.2) is 5.38 Å². The summed E-state index contributed by atoms with van der Waals surface area (Å²) < 4.78 is 5.75. The van der Waals surface area contributed by atoms with Crippen LogP contribution in [0.3, 0.4) is 0 Å². The van der Waals surface area contributed by atoms with E-state index in [0.29, 0.717) is 19.1 Å². The van der Waals surface area contributed by atoms with Crippen LogP contribution in [-0.4, -0.2) is 71.8 Å². The lowest BCUT2D eigenvalue weighted by Crippen LogP contribution is -2.47. The Morgan fingerprint density at radius 2 is 2.41 bits per heavy atom. The second-order valence-electron chi connectivity index (χ2n) is 6.15. The molecule has 1 unspecified atom stereocenters. The minimum absolute atomic E-state index is 0.0453. The molecule has 1 aliphatic heterocycles. The maximum Gasteiger partial charge on any atom is 0.317 e. The van der Waals surface area contributed by atoms with Crippen LogP contribution in [-0.2, 0) is 16.1 Å². The maximum absolute atomic E-state index is 10.7. The first kappa shape index (κ1) is 17.3. The van der Waals surface area contributed by atoms with Crippen LogP contribution in [0.2, 0.25) is 0 Å². The Labute approximate surface area is 135 Å². The topological polar surface area (TPSA) is 65.9 Å². The predicted molar refractivity (Wildman–Crippen MR) is 86.4 cm³/mol. The monoisotopic (exact) mass is 327 g/mol. The zero-order chi connectivity index (χ0) is 16.1. The molecule has 1 aromatic heterocycles. The summed E-state index contributed by atoms with van der Waals surface area (Å²) in [5.41, 5.74) is 1.12. The Hall–Kier alpha value is -1.02. The van der Waals surface area contributed by atoms with Crippen LogP contribution < -0.4 is 0 Å². The van der Waals surface area contributed by atoms with Crippen LogP contribution in [0.5, 0.6) is 0 Å². The summed E-state index contributed by atoms with van der Waals surface area (Å²) in [5.74, 6) is -0.334. The second-order valence-corrected chi connectivity index (χ2v) is 7.04. The van der Waals surface area contributed by atoms with Gasteiger partial charge in [0.25, 0.3) is 0 Å². The standard InChI is InChI=1S/C15H25N3O3S/c1-11(2)15-16-12(10-22-15)6-18-4-5-21-13(8-18)7-17(3)9-14(19)20/h10-11,13H,4-9H2,1-3H3,(H,19,20). The molecular formula is C15H25N3O3S. The SMILES string of the molecule is CC(C)c1nc(CN2CCOC(CN(C)CC(=O)O)C2)cs1. The number of carbonyl (C=O) groups is 1. The van der Waals surface area contributed by atoms with Crippen LogP contribution in [0.4, 0.5) is 0 Å². The zero-order valence-electron chi connectivity index (χ0n) is 13.5. The second kappa shape index (κ2) is 8.01. The van der Waals surface area contributed by atoms with Gasteiger partial charge in [0.2, 0.25) is 0 Å². The number of likely N-dealkylation sites (N-methyl/N-ethyl adjacent to an activating group) is 1. The van der Waals surface area contributed by atoms with Crippen LogP contribution >= 0.6 is 11.3 Å². The van der Waals surface area contributed by atoms with Crippen molar-refractivity contribution >= 4 is 17.3 Å². The van der Waals surface area contributed by atoms with Crippen molar-refractivity contribution in [3.05, 3.63) is 16.1 Å². The number of carboxylic acid groups (broad SMARTS) is 1. The number of aliphatic carboxylic acids is 1. The summed E-state index contributed by atoms with van der Waals surface area (Å²) in [5, 5.41) is 12.1. The quantitative estimate of drug-likeness (QED) is 0.818. The molecular weight excluding hydrogens is 302 g/mol. The fourth-order valence-corrected chi connectivity index (χ4v) is 3.39. The van der Waals surface area contributed by atoms with E-state index in [2.05, 4.69) is 29.1 Å². The first-order valence-electron chi connectivity index (χ1n) is 7.62. The number of thiazole rings is 1. The van der Waals surface area contributed by atoms with Gasteiger partial charge in [-0.25, -0.2) is 4.98 Å². The van der Waals surface area contributed by atoms with Crippen molar-refractivity contribution in [2.45, 2.75) is 32.4 Å². The highest BCUT2D eigenvalue weighted by Gasteiger charge is 2.23. The molecule has 0 aromatic carbocycles. The van der Waals surface area contributed by atoms with E-state index >= 15 is 0 Å². The third-order valence-electron chi connectivity index (χ3n) is 3.59. The highest BCUT2D eigenvalue weighted by Crippen LogP contribution is 2.20. The largest absolute Gasteiger partial charge is 0.480 e. The Kier molecular flexibility index (Phi) is 6.31. The van der Waals surface area contributed by atoms with Crippen molar-refractivity contribution in [2.75, 3.05) is 39.8 Å². The predicted octanol–water partition coefficient (Wildman–Crippen LogP) is 1.48. The Bertz CT molecular complexity index is 492. The van der Waals surface area contributed by atoms with E-state index in [1.807, 2.05) is 7.05 Å². The van der Waals surface area contributed by atoms with Gasteiger partial charge in [-0.15, -0.1) is 11.3 Å². The van der Waals surface area contributed by atoms with E-state index in [1.54, 1.807) is 16.2 Å². The van der Waals surface area contributed by atoms with Gasteiger partial charge in [-0.2, -0.15) is 0 Å². The van der Waals surface area contributed by atoms with E-state index in [1.165, 1.54) is 5.01 Å². The van der Waals surface area contributed by atoms with Gasteiger partial charge in [-0.05, 0) is 7.05 Å². The van der Waals surface area contributed by atoms with Gasteiger partial charge in [-0.1, -0.05) is 13.8 Å². The third kappa shape index (κ3) is 5.31. The first-order valence-corrected chi connectivity index (χ1v) is 8.50. The molecule has 1 saturated heterocycles. The lowest BCUT2D eigenvalue weighted by atomic mass is 10.2. The van der Waals surface area contributed by atoms with E-state index in [-0.39, 0.29) is 12.6 Å². The van der Waals surface area contributed by atoms with Crippen molar-refractivity contribution in [1.82, 2.24) is 14.8 Å². The van der Waals surface area contributed by atoms with E-state index in [0.717, 1.165) is 25.3 Å². The van der Waals surface area contributed by atoms with E-state index in [9.17, 15) is 4.79 Å². The molecule has 1 atom stereocenters. The molecule has 1 aromatic rings. The van der Waals surface area contributed by atoms with Gasteiger partial charge in [0.1, 0.15) is 0 Å². The van der Waals surface area contributed by atoms with Gasteiger partial charge < -0.3 is 9.84 Å². The molecule has 0 saturated carbocycles. The molecule has 0 amide bonds. The summed E-state index contributed by atoms with van der Waals surface area (Å²) in [6, 6.07) is 0. The molecule has 1 aliphatic rings. The number of hydrogen-bond acceptors (Lipinski definition) is 6. The van der Waals surface area contributed by atoms with E-state index < -0.39 is 5.97 Å². The number of aromatic nitrogens is 1. The van der Waals surface area contributed by atoms with Crippen molar-refractivity contribution < 1.29 is 14.6 Å².